The number of nitrogens with one attached hydrogen (secondary N) is 1. The quantitative estimate of drug-likeness (QED) is 0.770. The van der Waals surface area contributed by atoms with E-state index in [1.165, 1.54) is 11.1 Å². The monoisotopic (exact) mass is 371 g/mol. The maximum atomic E-state index is 13.1. The molecule has 0 unspecified atom stereocenters. The Morgan fingerprint density at radius 2 is 1.79 bits per heavy atom. The van der Waals surface area contributed by atoms with Gasteiger partial charge in [-0.25, -0.2) is 0 Å². The van der Waals surface area contributed by atoms with Gasteiger partial charge < -0.3 is 5.32 Å². The topological polar surface area (TPSA) is 52.7 Å². The van der Waals surface area contributed by atoms with Crippen LogP contribution in [0.3, 0.4) is 0 Å². The average Bonchev–Trinajstić information content (AvgIpc) is 3.01. The van der Waals surface area contributed by atoms with Crippen LogP contribution in [0.15, 0.2) is 60.7 Å². The zero-order valence-electron chi connectivity index (χ0n) is 15.7. The van der Waals surface area contributed by atoms with Crippen LogP contribution in [0.5, 0.6) is 0 Å². The lowest BCUT2D eigenvalue weighted by atomic mass is 9.94. The number of carbonyl (C=O) groups is 2. The Labute approximate surface area is 163 Å². The molecule has 0 bridgehead atoms. The molecule has 2 amide bonds. The highest BCUT2D eigenvalue weighted by molar-refractivity contribution is 6.25. The molecular weight excluding hydrogens is 350 g/mol. The van der Waals surface area contributed by atoms with E-state index in [2.05, 4.69) is 22.3 Å². The van der Waals surface area contributed by atoms with Crippen LogP contribution in [0.25, 0.3) is 10.8 Å². The number of nitrogens with zero attached hydrogens (tertiary/aromatic N) is 2. The molecule has 0 aliphatic carbocycles. The summed E-state index contributed by atoms with van der Waals surface area (Å²) in [5, 5.41) is 4.86. The fraction of sp³-hybridized carbons (Fsp3) is 0.217. The van der Waals surface area contributed by atoms with Gasteiger partial charge in [-0.1, -0.05) is 48.5 Å². The highest BCUT2D eigenvalue weighted by atomic mass is 16.2. The van der Waals surface area contributed by atoms with Crippen molar-refractivity contribution >= 4 is 28.3 Å². The molecule has 2 aliphatic rings. The van der Waals surface area contributed by atoms with Crippen LogP contribution in [0, 0.1) is 0 Å². The van der Waals surface area contributed by atoms with E-state index in [-0.39, 0.29) is 17.9 Å². The summed E-state index contributed by atoms with van der Waals surface area (Å²) in [5.41, 5.74) is 4.07. The summed E-state index contributed by atoms with van der Waals surface area (Å²) < 4.78 is 0. The Bertz CT molecular complexity index is 1100. The van der Waals surface area contributed by atoms with Crippen molar-refractivity contribution in [3.05, 3.63) is 77.4 Å². The second-order valence-electron chi connectivity index (χ2n) is 7.41. The van der Waals surface area contributed by atoms with Crippen LogP contribution < -0.4 is 10.2 Å². The van der Waals surface area contributed by atoms with E-state index in [1.807, 2.05) is 53.4 Å². The van der Waals surface area contributed by atoms with Gasteiger partial charge in [0.05, 0.1) is 18.4 Å². The van der Waals surface area contributed by atoms with Gasteiger partial charge in [0.15, 0.2) is 0 Å². The van der Waals surface area contributed by atoms with Crippen LogP contribution in [0.4, 0.5) is 5.69 Å². The van der Waals surface area contributed by atoms with Crippen molar-refractivity contribution in [2.24, 2.45) is 0 Å². The van der Waals surface area contributed by atoms with Crippen LogP contribution in [0.1, 0.15) is 21.5 Å². The number of anilines is 1. The SMILES string of the molecule is CNC(=O)[C@H]1Cc2ccccc2CN1CN1C(=O)c2cccc3cccc1c23. The summed E-state index contributed by atoms with van der Waals surface area (Å²) in [5.74, 6) is -0.0156. The zero-order chi connectivity index (χ0) is 19.3. The second kappa shape index (κ2) is 6.46. The number of carbonyl (C=O) groups excluding carboxylic acids is 2. The van der Waals surface area contributed by atoms with Gasteiger partial charge >= 0.3 is 0 Å². The lowest BCUT2D eigenvalue weighted by Gasteiger charge is -2.38. The first-order valence-electron chi connectivity index (χ1n) is 9.53. The van der Waals surface area contributed by atoms with Crippen LogP contribution in [-0.4, -0.2) is 36.5 Å². The summed E-state index contributed by atoms with van der Waals surface area (Å²) in [6, 6.07) is 19.8. The van der Waals surface area contributed by atoms with Crippen LogP contribution in [-0.2, 0) is 17.8 Å². The summed E-state index contributed by atoms with van der Waals surface area (Å²) in [4.78, 5) is 29.6. The lowest BCUT2D eigenvalue weighted by molar-refractivity contribution is -0.126. The number of amides is 2. The minimum atomic E-state index is -0.296. The number of hydrogen-bond acceptors (Lipinski definition) is 3. The predicted molar refractivity (Wildman–Crippen MR) is 109 cm³/mol. The third kappa shape index (κ3) is 2.51. The van der Waals surface area contributed by atoms with Crippen LogP contribution in [0.2, 0.25) is 0 Å². The van der Waals surface area contributed by atoms with Crippen molar-refractivity contribution in [3.63, 3.8) is 0 Å². The average molecular weight is 371 g/mol. The van der Waals surface area contributed by atoms with E-state index in [4.69, 9.17) is 0 Å². The van der Waals surface area contributed by atoms with Crippen molar-refractivity contribution in [2.45, 2.75) is 19.0 Å². The fourth-order valence-electron chi connectivity index (χ4n) is 4.45. The number of benzene rings is 3. The molecule has 2 heterocycles. The van der Waals surface area contributed by atoms with E-state index in [1.54, 1.807) is 7.05 Å². The number of likely N-dealkylation sites (N-methyl/N-ethyl adjacent to an activating group) is 1. The highest BCUT2D eigenvalue weighted by Gasteiger charge is 2.36. The molecule has 1 N–H and O–H groups in total. The summed E-state index contributed by atoms with van der Waals surface area (Å²) in [6.07, 6.45) is 0.648. The minimum absolute atomic E-state index is 0.00122. The molecule has 0 saturated carbocycles. The third-order valence-electron chi connectivity index (χ3n) is 5.87. The molecule has 0 fully saturated rings. The smallest absolute Gasteiger partial charge is 0.260 e. The molecule has 0 aromatic heterocycles. The second-order valence-corrected chi connectivity index (χ2v) is 7.41. The van der Waals surface area contributed by atoms with Crippen molar-refractivity contribution in [1.29, 1.82) is 0 Å². The normalized spacial score (nSPS) is 18.4. The van der Waals surface area contributed by atoms with Gasteiger partial charge in [-0.05, 0) is 35.1 Å². The van der Waals surface area contributed by atoms with Crippen molar-refractivity contribution in [1.82, 2.24) is 10.2 Å². The maximum Gasteiger partial charge on any atom is 0.260 e. The molecule has 0 radical (unpaired) electrons. The van der Waals surface area contributed by atoms with Crippen molar-refractivity contribution < 1.29 is 9.59 Å². The first-order valence-corrected chi connectivity index (χ1v) is 9.53. The first-order chi connectivity index (χ1) is 13.7. The molecule has 1 atom stereocenters. The molecule has 140 valence electrons. The van der Waals surface area contributed by atoms with Gasteiger partial charge in [-0.15, -0.1) is 0 Å². The third-order valence-corrected chi connectivity index (χ3v) is 5.87. The Balaban J connectivity index is 1.52. The number of fused-ring (bicyclic) bond motifs is 1. The van der Waals surface area contributed by atoms with E-state index in [0.717, 1.165) is 22.0 Å². The van der Waals surface area contributed by atoms with Gasteiger partial charge in [0.2, 0.25) is 5.91 Å². The highest BCUT2D eigenvalue weighted by Crippen LogP contribution is 2.38. The lowest BCUT2D eigenvalue weighted by Crippen LogP contribution is -2.53. The van der Waals surface area contributed by atoms with Crippen molar-refractivity contribution in [2.75, 3.05) is 18.6 Å². The fourth-order valence-corrected chi connectivity index (χ4v) is 4.45. The number of rotatable bonds is 3. The molecule has 2 aliphatic heterocycles. The minimum Gasteiger partial charge on any atom is -0.358 e. The summed E-state index contributed by atoms with van der Waals surface area (Å²) in [6.45, 7) is 1.03. The molecule has 28 heavy (non-hydrogen) atoms. The van der Waals surface area contributed by atoms with Gasteiger partial charge in [0, 0.05) is 24.5 Å². The molecule has 3 aromatic rings. The molecule has 5 rings (SSSR count). The molecule has 5 nitrogen and oxygen atoms in total. The van der Waals surface area contributed by atoms with Gasteiger partial charge in [0.25, 0.3) is 5.91 Å². The summed E-state index contributed by atoms with van der Waals surface area (Å²) >= 11 is 0. The first kappa shape index (κ1) is 17.0. The van der Waals surface area contributed by atoms with E-state index >= 15 is 0 Å². The van der Waals surface area contributed by atoms with Crippen molar-refractivity contribution in [3.8, 4) is 0 Å². The molecule has 3 aromatic carbocycles. The molecule has 5 heteroatoms. The Hall–Kier alpha value is -3.18. The van der Waals surface area contributed by atoms with Gasteiger partial charge in [-0.2, -0.15) is 0 Å². The van der Waals surface area contributed by atoms with E-state index < -0.39 is 0 Å². The maximum absolute atomic E-state index is 13.1. The molecule has 0 saturated heterocycles. The van der Waals surface area contributed by atoms with Gasteiger partial charge in [0.1, 0.15) is 0 Å². The Morgan fingerprint density at radius 1 is 1.04 bits per heavy atom. The predicted octanol–water partition coefficient (Wildman–Crippen LogP) is 2.93. The molecule has 0 spiro atoms. The largest absolute Gasteiger partial charge is 0.358 e. The Kier molecular flexibility index (Phi) is 3.91. The van der Waals surface area contributed by atoms with Gasteiger partial charge in [-0.3, -0.25) is 19.4 Å². The zero-order valence-corrected chi connectivity index (χ0v) is 15.7. The number of hydrogen-bond donors (Lipinski definition) is 1. The summed E-state index contributed by atoms with van der Waals surface area (Å²) in [7, 11) is 1.67. The van der Waals surface area contributed by atoms with Crippen LogP contribution >= 0.6 is 0 Å². The van der Waals surface area contributed by atoms with E-state index in [9.17, 15) is 9.59 Å². The standard InChI is InChI=1S/C23H21N3O2/c1-24-22(27)20-12-16-6-2-3-7-17(16)13-25(20)14-26-19-11-5-9-15-8-4-10-18(21(15)19)23(26)28/h2-11,20H,12-14H2,1H3,(H,24,27)/t20-/m1/s1. The van der Waals surface area contributed by atoms with E-state index in [0.29, 0.717) is 19.6 Å². The molecular formula is C23H21N3O2. The Morgan fingerprint density at radius 3 is 2.57 bits per heavy atom.